The van der Waals surface area contributed by atoms with Gasteiger partial charge in [0.25, 0.3) is 0 Å². The number of carbonyl (C=O) groups is 1. The van der Waals surface area contributed by atoms with Crippen molar-refractivity contribution in [3.8, 4) is 0 Å². The number of anilines is 1. The molecule has 3 aromatic rings. The molecule has 34 heavy (non-hydrogen) atoms. The minimum absolute atomic E-state index is 0.150. The van der Waals surface area contributed by atoms with Crippen molar-refractivity contribution in [1.29, 1.82) is 0 Å². The highest BCUT2D eigenvalue weighted by atomic mass is 16.2. The molecule has 2 saturated heterocycles. The Morgan fingerprint density at radius 3 is 2.09 bits per heavy atom. The number of amides is 2. The highest BCUT2D eigenvalue weighted by Crippen LogP contribution is 2.25. The third-order valence-electron chi connectivity index (χ3n) is 6.91. The minimum Gasteiger partial charge on any atom is -0.317 e. The molecule has 0 bridgehead atoms. The van der Waals surface area contributed by atoms with E-state index in [1.54, 1.807) is 0 Å². The van der Waals surface area contributed by atoms with E-state index in [9.17, 15) is 4.79 Å². The van der Waals surface area contributed by atoms with Crippen LogP contribution >= 0.6 is 0 Å². The maximum Gasteiger partial charge on any atom is 0.324 e. The van der Waals surface area contributed by atoms with Crippen LogP contribution in [0.3, 0.4) is 0 Å². The van der Waals surface area contributed by atoms with Crippen molar-refractivity contribution in [3.05, 3.63) is 102 Å². The number of hydrogen-bond acceptors (Lipinski definition) is 3. The molecule has 0 radical (unpaired) electrons. The molecule has 5 heteroatoms. The van der Waals surface area contributed by atoms with Crippen molar-refractivity contribution in [2.75, 3.05) is 37.6 Å². The first-order chi connectivity index (χ1) is 16.8. The number of nitrogens with one attached hydrogen (secondary N) is 1. The molecule has 2 aliphatic heterocycles. The van der Waals surface area contributed by atoms with Crippen molar-refractivity contribution in [1.82, 2.24) is 15.1 Å². The molecule has 2 aliphatic rings. The standard InChI is InChI=1S/C29H34N4O/c34-29-32-19-17-30-20-28(32)23-33(29)27-15-13-24(14-16-27)12-7-18-31(21-25-8-3-1-4-9-25)22-26-10-5-2-6-11-26/h1-6,8-11,13-16,28,30H,7,12,17-23H2/t28-/m1/s1. The van der Waals surface area contributed by atoms with E-state index < -0.39 is 0 Å². The maximum absolute atomic E-state index is 12.8. The highest BCUT2D eigenvalue weighted by Gasteiger charge is 2.38. The van der Waals surface area contributed by atoms with Crippen LogP contribution in [0.25, 0.3) is 0 Å². The van der Waals surface area contributed by atoms with Crippen LogP contribution in [0.15, 0.2) is 84.9 Å². The number of nitrogens with zero attached hydrogens (tertiary/aromatic N) is 3. The Balaban J connectivity index is 1.17. The smallest absolute Gasteiger partial charge is 0.317 e. The number of piperazine rings is 1. The van der Waals surface area contributed by atoms with Gasteiger partial charge in [-0.1, -0.05) is 72.8 Å². The van der Waals surface area contributed by atoms with Crippen molar-refractivity contribution in [2.45, 2.75) is 32.0 Å². The summed E-state index contributed by atoms with van der Waals surface area (Å²) < 4.78 is 0. The minimum atomic E-state index is 0.150. The fourth-order valence-corrected chi connectivity index (χ4v) is 5.08. The predicted molar refractivity (Wildman–Crippen MR) is 138 cm³/mol. The number of rotatable bonds is 9. The Labute approximate surface area is 203 Å². The second kappa shape index (κ2) is 10.9. The summed E-state index contributed by atoms with van der Waals surface area (Å²) in [5.74, 6) is 0. The van der Waals surface area contributed by atoms with Gasteiger partial charge >= 0.3 is 6.03 Å². The Morgan fingerprint density at radius 1 is 0.824 bits per heavy atom. The van der Waals surface area contributed by atoms with Gasteiger partial charge in [-0.05, 0) is 48.2 Å². The number of carbonyl (C=O) groups excluding carboxylic acids is 1. The Kier molecular flexibility index (Phi) is 7.22. The summed E-state index contributed by atoms with van der Waals surface area (Å²) >= 11 is 0. The van der Waals surface area contributed by atoms with Crippen LogP contribution in [0.4, 0.5) is 10.5 Å². The van der Waals surface area contributed by atoms with Crippen LogP contribution in [0, 0.1) is 0 Å². The number of aryl methyl sites for hydroxylation is 1. The lowest BCUT2D eigenvalue weighted by atomic mass is 10.1. The molecule has 2 amide bonds. The average molecular weight is 455 g/mol. The second-order valence-electron chi connectivity index (χ2n) is 9.40. The van der Waals surface area contributed by atoms with Crippen LogP contribution in [-0.4, -0.2) is 54.6 Å². The van der Waals surface area contributed by atoms with Gasteiger partial charge in [0.2, 0.25) is 0 Å². The van der Waals surface area contributed by atoms with Gasteiger partial charge in [0, 0.05) is 45.0 Å². The fourth-order valence-electron chi connectivity index (χ4n) is 5.08. The summed E-state index contributed by atoms with van der Waals surface area (Å²) in [7, 11) is 0. The van der Waals surface area contributed by atoms with Gasteiger partial charge < -0.3 is 10.2 Å². The predicted octanol–water partition coefficient (Wildman–Crippen LogP) is 4.54. The van der Waals surface area contributed by atoms with E-state index in [0.29, 0.717) is 6.04 Å². The lowest BCUT2D eigenvalue weighted by Crippen LogP contribution is -2.49. The molecule has 2 heterocycles. The number of hydrogen-bond donors (Lipinski definition) is 1. The monoisotopic (exact) mass is 454 g/mol. The van der Waals surface area contributed by atoms with Gasteiger partial charge in [0.1, 0.15) is 0 Å². The third-order valence-corrected chi connectivity index (χ3v) is 6.91. The Morgan fingerprint density at radius 2 is 1.47 bits per heavy atom. The summed E-state index contributed by atoms with van der Waals surface area (Å²) in [4.78, 5) is 19.3. The van der Waals surface area contributed by atoms with E-state index in [1.807, 2.05) is 9.80 Å². The van der Waals surface area contributed by atoms with Gasteiger partial charge in [-0.3, -0.25) is 9.80 Å². The Bertz CT molecular complexity index is 1010. The summed E-state index contributed by atoms with van der Waals surface area (Å²) in [5, 5.41) is 3.40. The molecule has 5 rings (SSSR count). The summed E-state index contributed by atoms with van der Waals surface area (Å²) in [5.41, 5.74) is 5.04. The zero-order valence-corrected chi connectivity index (χ0v) is 19.8. The van der Waals surface area contributed by atoms with E-state index in [-0.39, 0.29) is 6.03 Å². The summed E-state index contributed by atoms with van der Waals surface area (Å²) in [6.07, 6.45) is 2.14. The Hall–Kier alpha value is -3.15. The first-order valence-electron chi connectivity index (χ1n) is 12.4. The first-order valence-corrected chi connectivity index (χ1v) is 12.4. The summed E-state index contributed by atoms with van der Waals surface area (Å²) in [6, 6.07) is 30.5. The lowest BCUT2D eigenvalue weighted by molar-refractivity contribution is 0.193. The van der Waals surface area contributed by atoms with Crippen molar-refractivity contribution in [2.24, 2.45) is 0 Å². The van der Waals surface area contributed by atoms with Gasteiger partial charge in [0.15, 0.2) is 0 Å². The van der Waals surface area contributed by atoms with Crippen LogP contribution in [0.2, 0.25) is 0 Å². The largest absolute Gasteiger partial charge is 0.324 e. The molecule has 3 aromatic carbocycles. The quantitative estimate of drug-likeness (QED) is 0.516. The van der Waals surface area contributed by atoms with E-state index in [1.165, 1.54) is 16.7 Å². The van der Waals surface area contributed by atoms with E-state index in [2.05, 4.69) is 95.1 Å². The molecule has 0 aromatic heterocycles. The second-order valence-corrected chi connectivity index (χ2v) is 9.40. The third kappa shape index (κ3) is 5.49. The molecular weight excluding hydrogens is 420 g/mol. The zero-order chi connectivity index (χ0) is 23.2. The van der Waals surface area contributed by atoms with Crippen LogP contribution in [-0.2, 0) is 19.5 Å². The number of urea groups is 1. The average Bonchev–Trinajstić information content (AvgIpc) is 3.22. The molecule has 0 saturated carbocycles. The fraction of sp³-hybridized carbons (Fsp3) is 0.345. The van der Waals surface area contributed by atoms with Crippen molar-refractivity contribution >= 4 is 11.7 Å². The topological polar surface area (TPSA) is 38.8 Å². The number of fused-ring (bicyclic) bond motifs is 1. The molecule has 0 unspecified atom stereocenters. The van der Waals surface area contributed by atoms with Gasteiger partial charge in [-0.15, -0.1) is 0 Å². The molecule has 1 N–H and O–H groups in total. The van der Waals surface area contributed by atoms with Crippen LogP contribution in [0.1, 0.15) is 23.1 Å². The van der Waals surface area contributed by atoms with Gasteiger partial charge in [0.05, 0.1) is 6.04 Å². The van der Waals surface area contributed by atoms with Crippen molar-refractivity contribution in [3.63, 3.8) is 0 Å². The first kappa shape index (κ1) is 22.6. The van der Waals surface area contributed by atoms with E-state index in [0.717, 1.165) is 64.3 Å². The molecule has 0 aliphatic carbocycles. The van der Waals surface area contributed by atoms with Gasteiger partial charge in [-0.2, -0.15) is 0 Å². The normalized spacial score (nSPS) is 17.9. The zero-order valence-electron chi connectivity index (χ0n) is 19.8. The molecule has 176 valence electrons. The molecule has 0 spiro atoms. The van der Waals surface area contributed by atoms with E-state index in [4.69, 9.17) is 0 Å². The summed E-state index contributed by atoms with van der Waals surface area (Å²) in [6.45, 7) is 6.32. The lowest BCUT2D eigenvalue weighted by Gasteiger charge is -2.28. The van der Waals surface area contributed by atoms with Crippen molar-refractivity contribution < 1.29 is 4.79 Å². The SMILES string of the molecule is O=C1N(c2ccc(CCCN(Cc3ccccc3)Cc3ccccc3)cc2)C[C@H]2CNCCN12. The number of benzene rings is 3. The highest BCUT2D eigenvalue weighted by molar-refractivity contribution is 5.94. The van der Waals surface area contributed by atoms with Crippen LogP contribution < -0.4 is 10.2 Å². The van der Waals surface area contributed by atoms with E-state index >= 15 is 0 Å². The maximum atomic E-state index is 12.8. The molecule has 5 nitrogen and oxygen atoms in total. The molecule has 2 fully saturated rings. The van der Waals surface area contributed by atoms with Gasteiger partial charge in [-0.25, -0.2) is 4.79 Å². The van der Waals surface area contributed by atoms with Crippen LogP contribution in [0.5, 0.6) is 0 Å². The molecular formula is C29H34N4O. The molecule has 1 atom stereocenters.